The predicted molar refractivity (Wildman–Crippen MR) is 103 cm³/mol. The molecular weight excluding hydrogens is 328 g/mol. The Hall–Kier alpha value is -2.68. The summed E-state index contributed by atoms with van der Waals surface area (Å²) in [6.45, 7) is 0. The Morgan fingerprint density at radius 1 is 0.731 bits per heavy atom. The fourth-order valence-corrected chi connectivity index (χ4v) is 3.86. The molecule has 1 aliphatic carbocycles. The summed E-state index contributed by atoms with van der Waals surface area (Å²) in [6, 6.07) is 26.9. The van der Waals surface area contributed by atoms with Gasteiger partial charge in [0.2, 0.25) is 0 Å². The molecule has 26 heavy (non-hydrogen) atoms. The average Bonchev–Trinajstić information content (AvgIpc) is 2.97. The van der Waals surface area contributed by atoms with Crippen molar-refractivity contribution in [2.24, 2.45) is 0 Å². The van der Waals surface area contributed by atoms with Gasteiger partial charge < -0.3 is 5.32 Å². The summed E-state index contributed by atoms with van der Waals surface area (Å²) in [5.41, 5.74) is 3.72. The Labute approximate surface area is 152 Å². The summed E-state index contributed by atoms with van der Waals surface area (Å²) >= 11 is 0. The third kappa shape index (κ3) is 3.34. The maximum atomic E-state index is 14.6. The van der Waals surface area contributed by atoms with Crippen molar-refractivity contribution < 1.29 is 8.78 Å². The first-order valence-corrected chi connectivity index (χ1v) is 8.98. The lowest BCUT2D eigenvalue weighted by atomic mass is 9.90. The largest absolute Gasteiger partial charge is 0.381 e. The number of para-hydroxylation sites is 1. The van der Waals surface area contributed by atoms with Crippen molar-refractivity contribution in [2.75, 3.05) is 5.32 Å². The smallest absolute Gasteiger partial charge is 0.256 e. The monoisotopic (exact) mass is 349 g/mol. The number of anilines is 1. The number of alkyl halides is 2. The second kappa shape index (κ2) is 6.91. The van der Waals surface area contributed by atoms with Crippen molar-refractivity contribution in [3.8, 4) is 11.1 Å². The molecule has 3 aromatic carbocycles. The van der Waals surface area contributed by atoms with E-state index in [4.69, 9.17) is 0 Å². The minimum absolute atomic E-state index is 0.0808. The molecule has 2 atom stereocenters. The molecule has 0 spiro atoms. The molecule has 0 amide bonds. The predicted octanol–water partition coefficient (Wildman–Crippen LogP) is 6.35. The van der Waals surface area contributed by atoms with Gasteiger partial charge in [-0.3, -0.25) is 0 Å². The second-order valence-electron chi connectivity index (χ2n) is 6.88. The van der Waals surface area contributed by atoms with Crippen molar-refractivity contribution in [3.05, 3.63) is 90.5 Å². The highest BCUT2D eigenvalue weighted by Crippen LogP contribution is 2.48. The maximum Gasteiger partial charge on any atom is 0.256 e. The van der Waals surface area contributed by atoms with E-state index in [9.17, 15) is 8.78 Å². The maximum absolute atomic E-state index is 14.6. The quantitative estimate of drug-likeness (QED) is 0.579. The highest BCUT2D eigenvalue weighted by molar-refractivity contribution is 5.63. The van der Waals surface area contributed by atoms with Crippen LogP contribution in [0.25, 0.3) is 11.1 Å². The van der Waals surface area contributed by atoms with Crippen LogP contribution >= 0.6 is 0 Å². The third-order valence-corrected chi connectivity index (χ3v) is 5.15. The summed E-state index contributed by atoms with van der Waals surface area (Å²) in [7, 11) is 0. The van der Waals surface area contributed by atoms with Gasteiger partial charge in [0.15, 0.2) is 0 Å². The first-order chi connectivity index (χ1) is 12.6. The molecule has 0 bridgehead atoms. The van der Waals surface area contributed by atoms with Crippen LogP contribution in [-0.4, -0.2) is 12.0 Å². The van der Waals surface area contributed by atoms with Crippen LogP contribution in [0, 0.1) is 0 Å². The highest BCUT2D eigenvalue weighted by atomic mass is 19.3. The van der Waals surface area contributed by atoms with Gasteiger partial charge in [-0.05, 0) is 35.2 Å². The molecule has 1 nitrogen and oxygen atoms in total. The Morgan fingerprint density at radius 2 is 1.31 bits per heavy atom. The van der Waals surface area contributed by atoms with Crippen molar-refractivity contribution in [1.29, 1.82) is 0 Å². The zero-order valence-electron chi connectivity index (χ0n) is 14.4. The third-order valence-electron chi connectivity index (χ3n) is 5.15. The molecule has 0 aliphatic heterocycles. The minimum Gasteiger partial charge on any atom is -0.381 e. The van der Waals surface area contributed by atoms with E-state index in [-0.39, 0.29) is 12.5 Å². The molecule has 1 aliphatic rings. The normalized spacial score (nSPS) is 21.5. The van der Waals surface area contributed by atoms with Crippen LogP contribution in [0.15, 0.2) is 84.9 Å². The molecule has 2 unspecified atom stereocenters. The molecule has 3 aromatic rings. The number of nitrogens with one attached hydrogen (secondary N) is 1. The molecule has 3 heteroatoms. The molecular formula is C23H21F2N. The molecule has 1 saturated carbocycles. The van der Waals surface area contributed by atoms with Crippen LogP contribution in [-0.2, 0) is 0 Å². The molecule has 0 heterocycles. The van der Waals surface area contributed by atoms with E-state index in [0.29, 0.717) is 12.0 Å². The molecule has 4 rings (SSSR count). The van der Waals surface area contributed by atoms with Gasteiger partial charge in [0, 0.05) is 18.2 Å². The number of hydrogen-bond acceptors (Lipinski definition) is 1. The van der Waals surface area contributed by atoms with Crippen LogP contribution in [0.2, 0.25) is 0 Å². The average molecular weight is 349 g/mol. The SMILES string of the molecule is FC1(F)CCC(Nc2ccccc2)C1c1ccc(-c2ccccc2)cc1. The van der Waals surface area contributed by atoms with Gasteiger partial charge in [-0.15, -0.1) is 0 Å². The van der Waals surface area contributed by atoms with E-state index >= 15 is 0 Å². The Balaban J connectivity index is 1.60. The van der Waals surface area contributed by atoms with Crippen molar-refractivity contribution in [2.45, 2.75) is 30.7 Å². The van der Waals surface area contributed by atoms with E-state index in [1.165, 1.54) is 0 Å². The lowest BCUT2D eigenvalue weighted by Crippen LogP contribution is -2.31. The molecule has 0 saturated heterocycles. The summed E-state index contributed by atoms with van der Waals surface area (Å²) in [5, 5.41) is 3.31. The van der Waals surface area contributed by atoms with E-state index < -0.39 is 11.8 Å². The number of hydrogen-bond donors (Lipinski definition) is 1. The van der Waals surface area contributed by atoms with Gasteiger partial charge in [-0.2, -0.15) is 0 Å². The van der Waals surface area contributed by atoms with Gasteiger partial charge >= 0.3 is 0 Å². The van der Waals surface area contributed by atoms with Crippen molar-refractivity contribution in [1.82, 2.24) is 0 Å². The summed E-state index contributed by atoms with van der Waals surface area (Å²) in [5.74, 6) is -3.51. The zero-order valence-corrected chi connectivity index (χ0v) is 14.4. The van der Waals surface area contributed by atoms with E-state index in [2.05, 4.69) is 5.32 Å². The Morgan fingerprint density at radius 3 is 1.96 bits per heavy atom. The highest BCUT2D eigenvalue weighted by Gasteiger charge is 2.50. The standard InChI is InChI=1S/C23H21F2N/c24-23(25)16-15-21(26-20-9-5-2-6-10-20)22(23)19-13-11-18(12-14-19)17-7-3-1-4-8-17/h1-14,21-22,26H,15-16H2. The lowest BCUT2D eigenvalue weighted by molar-refractivity contribution is -0.0101. The molecule has 1 fully saturated rings. The zero-order chi connectivity index (χ0) is 18.0. The van der Waals surface area contributed by atoms with Crippen LogP contribution in [0.1, 0.15) is 24.3 Å². The summed E-state index contributed by atoms with van der Waals surface area (Å²) in [4.78, 5) is 0. The van der Waals surface area contributed by atoms with E-state index in [1.807, 2.05) is 84.9 Å². The summed E-state index contributed by atoms with van der Waals surface area (Å²) in [6.07, 6.45) is 0.385. The van der Waals surface area contributed by atoms with Crippen LogP contribution < -0.4 is 5.32 Å². The van der Waals surface area contributed by atoms with Gasteiger partial charge in [0.05, 0.1) is 5.92 Å². The van der Waals surface area contributed by atoms with Crippen molar-refractivity contribution in [3.63, 3.8) is 0 Å². The topological polar surface area (TPSA) is 12.0 Å². The summed E-state index contributed by atoms with van der Waals surface area (Å²) < 4.78 is 29.3. The first kappa shape index (κ1) is 16.8. The fraction of sp³-hybridized carbons (Fsp3) is 0.217. The lowest BCUT2D eigenvalue weighted by Gasteiger charge is -2.26. The first-order valence-electron chi connectivity index (χ1n) is 8.98. The Kier molecular flexibility index (Phi) is 4.46. The van der Waals surface area contributed by atoms with E-state index in [1.54, 1.807) is 0 Å². The molecule has 132 valence electrons. The van der Waals surface area contributed by atoms with Gasteiger partial charge in [0.25, 0.3) is 5.92 Å². The minimum atomic E-state index is -2.69. The van der Waals surface area contributed by atoms with Crippen LogP contribution in [0.4, 0.5) is 14.5 Å². The fourth-order valence-electron chi connectivity index (χ4n) is 3.86. The second-order valence-corrected chi connectivity index (χ2v) is 6.88. The van der Waals surface area contributed by atoms with E-state index in [0.717, 1.165) is 16.8 Å². The molecule has 1 N–H and O–H groups in total. The molecule has 0 aromatic heterocycles. The number of halogens is 2. The van der Waals surface area contributed by atoms with Gasteiger partial charge in [-0.1, -0.05) is 72.8 Å². The van der Waals surface area contributed by atoms with Crippen LogP contribution in [0.5, 0.6) is 0 Å². The van der Waals surface area contributed by atoms with Gasteiger partial charge in [0.1, 0.15) is 0 Å². The number of benzene rings is 3. The number of rotatable bonds is 4. The Bertz CT molecular complexity index is 844. The van der Waals surface area contributed by atoms with Crippen molar-refractivity contribution >= 4 is 5.69 Å². The van der Waals surface area contributed by atoms with Crippen LogP contribution in [0.3, 0.4) is 0 Å². The molecule has 0 radical (unpaired) electrons. The van der Waals surface area contributed by atoms with Gasteiger partial charge in [-0.25, -0.2) is 8.78 Å².